The van der Waals surface area contributed by atoms with Gasteiger partial charge in [-0.1, -0.05) is 0 Å². The molecule has 14 heavy (non-hydrogen) atoms. The Balaban J connectivity index is 1.96. The van der Waals surface area contributed by atoms with Crippen LogP contribution in [0.4, 0.5) is 0 Å². The van der Waals surface area contributed by atoms with Crippen molar-refractivity contribution in [1.29, 1.82) is 0 Å². The first-order chi connectivity index (χ1) is 6.68. The number of hydrogen-bond acceptors (Lipinski definition) is 3. The highest BCUT2D eigenvalue weighted by Gasteiger charge is 2.17. The van der Waals surface area contributed by atoms with Crippen molar-refractivity contribution in [3.05, 3.63) is 0 Å². The average molecular weight is 200 g/mol. The summed E-state index contributed by atoms with van der Waals surface area (Å²) < 4.78 is 0. The fraction of sp³-hybridized carbons (Fsp3) is 1.00. The van der Waals surface area contributed by atoms with Crippen LogP contribution in [0.3, 0.4) is 0 Å². The molecule has 84 valence electrons. The van der Waals surface area contributed by atoms with E-state index in [1.165, 1.54) is 12.8 Å². The molecule has 0 bridgehead atoms. The summed E-state index contributed by atoms with van der Waals surface area (Å²) in [5, 5.41) is 12.6. The summed E-state index contributed by atoms with van der Waals surface area (Å²) in [5.41, 5.74) is 5.83. The molecule has 0 saturated heterocycles. The van der Waals surface area contributed by atoms with Crippen molar-refractivity contribution < 1.29 is 5.11 Å². The van der Waals surface area contributed by atoms with Crippen LogP contribution < -0.4 is 11.1 Å². The molecule has 4 N–H and O–H groups in total. The molecule has 1 aliphatic carbocycles. The maximum Gasteiger partial charge on any atom is 0.0512 e. The van der Waals surface area contributed by atoms with Crippen molar-refractivity contribution in [3.8, 4) is 0 Å². The van der Waals surface area contributed by atoms with Gasteiger partial charge in [0.15, 0.2) is 0 Å². The van der Waals surface area contributed by atoms with Gasteiger partial charge in [-0.3, -0.25) is 0 Å². The van der Waals surface area contributed by atoms with Gasteiger partial charge in [-0.15, -0.1) is 0 Å². The molecule has 1 saturated carbocycles. The van der Waals surface area contributed by atoms with Gasteiger partial charge < -0.3 is 16.2 Å². The number of nitrogens with one attached hydrogen (secondary N) is 1. The van der Waals surface area contributed by atoms with E-state index in [9.17, 15) is 0 Å². The van der Waals surface area contributed by atoms with Gasteiger partial charge in [0.1, 0.15) is 0 Å². The van der Waals surface area contributed by atoms with Gasteiger partial charge in [0.25, 0.3) is 0 Å². The lowest BCUT2D eigenvalue weighted by molar-refractivity contribution is 0.180. The van der Waals surface area contributed by atoms with E-state index in [2.05, 4.69) is 5.32 Å². The second kappa shape index (κ2) is 6.38. The molecule has 0 amide bonds. The maximum absolute atomic E-state index is 9.08. The van der Waals surface area contributed by atoms with Crippen molar-refractivity contribution >= 4 is 0 Å². The maximum atomic E-state index is 9.08. The van der Waals surface area contributed by atoms with Crippen LogP contribution in [-0.2, 0) is 0 Å². The number of hydrogen-bond donors (Lipinski definition) is 3. The average Bonchev–Trinajstić information content (AvgIpc) is 2.15. The summed E-state index contributed by atoms with van der Waals surface area (Å²) in [6, 6.07) is 1.11. The molecule has 1 atom stereocenters. The largest absolute Gasteiger partial charge is 0.393 e. The molecule has 1 fully saturated rings. The first kappa shape index (κ1) is 12.0. The summed E-state index contributed by atoms with van der Waals surface area (Å²) in [7, 11) is 0. The predicted octanol–water partition coefficient (Wildman–Crippen LogP) is 1.01. The lowest BCUT2D eigenvalue weighted by Gasteiger charge is -2.27. The Hall–Kier alpha value is -0.120. The third-order valence-corrected chi connectivity index (χ3v) is 3.00. The van der Waals surface area contributed by atoms with E-state index in [-0.39, 0.29) is 6.10 Å². The van der Waals surface area contributed by atoms with Gasteiger partial charge >= 0.3 is 0 Å². The van der Waals surface area contributed by atoms with E-state index < -0.39 is 0 Å². The smallest absolute Gasteiger partial charge is 0.0512 e. The minimum atomic E-state index is -0.156. The van der Waals surface area contributed by atoms with E-state index in [0.717, 1.165) is 32.2 Å². The number of aliphatic hydroxyl groups is 1. The lowest BCUT2D eigenvalue weighted by atomic mass is 9.92. The molecule has 0 spiro atoms. The van der Waals surface area contributed by atoms with Gasteiger partial charge in [0.05, 0.1) is 6.10 Å². The third-order valence-electron chi connectivity index (χ3n) is 3.00. The first-order valence-electron chi connectivity index (χ1n) is 5.85. The van der Waals surface area contributed by atoms with Crippen molar-refractivity contribution in [1.82, 2.24) is 5.32 Å². The van der Waals surface area contributed by atoms with Crippen molar-refractivity contribution in [2.45, 2.75) is 63.6 Å². The highest BCUT2D eigenvalue weighted by atomic mass is 16.3. The zero-order chi connectivity index (χ0) is 10.4. The first-order valence-corrected chi connectivity index (χ1v) is 5.85. The molecule has 0 aromatic rings. The normalized spacial score (nSPS) is 30.2. The van der Waals surface area contributed by atoms with Crippen LogP contribution in [0.25, 0.3) is 0 Å². The molecule has 0 aromatic carbocycles. The Morgan fingerprint density at radius 1 is 1.36 bits per heavy atom. The van der Waals surface area contributed by atoms with E-state index in [1.807, 2.05) is 6.92 Å². The molecule has 1 aliphatic rings. The molecule has 1 unspecified atom stereocenters. The lowest BCUT2D eigenvalue weighted by Crippen LogP contribution is -2.37. The monoisotopic (exact) mass is 200 g/mol. The van der Waals surface area contributed by atoms with E-state index in [1.54, 1.807) is 0 Å². The zero-order valence-electron chi connectivity index (χ0n) is 9.21. The molecule has 0 aromatic heterocycles. The minimum Gasteiger partial charge on any atom is -0.393 e. The van der Waals surface area contributed by atoms with Crippen LogP contribution in [0.1, 0.15) is 45.4 Å². The fourth-order valence-electron chi connectivity index (χ4n) is 2.03. The van der Waals surface area contributed by atoms with Crippen LogP contribution in [0.2, 0.25) is 0 Å². The summed E-state index contributed by atoms with van der Waals surface area (Å²) in [6.07, 6.45) is 6.57. The fourth-order valence-corrected chi connectivity index (χ4v) is 2.03. The molecule has 0 heterocycles. The Kier molecular flexibility index (Phi) is 5.45. The van der Waals surface area contributed by atoms with E-state index in [4.69, 9.17) is 10.8 Å². The molecule has 3 heteroatoms. The van der Waals surface area contributed by atoms with Gasteiger partial charge in [-0.05, 0) is 52.0 Å². The van der Waals surface area contributed by atoms with Gasteiger partial charge in [-0.25, -0.2) is 0 Å². The van der Waals surface area contributed by atoms with Gasteiger partial charge in [-0.2, -0.15) is 0 Å². The topological polar surface area (TPSA) is 58.3 Å². The zero-order valence-corrected chi connectivity index (χ0v) is 9.21. The number of rotatable bonds is 5. The molecule has 0 radical (unpaired) electrons. The molecular weight excluding hydrogens is 176 g/mol. The Labute approximate surface area is 87.1 Å². The van der Waals surface area contributed by atoms with Crippen LogP contribution in [0.15, 0.2) is 0 Å². The van der Waals surface area contributed by atoms with Crippen molar-refractivity contribution in [3.63, 3.8) is 0 Å². The Morgan fingerprint density at radius 3 is 2.57 bits per heavy atom. The highest BCUT2D eigenvalue weighted by Crippen LogP contribution is 2.16. The summed E-state index contributed by atoms with van der Waals surface area (Å²) >= 11 is 0. The van der Waals surface area contributed by atoms with E-state index in [0.29, 0.717) is 12.1 Å². The SMILES string of the molecule is CC(O)CCCNC1CCC(N)CC1. The standard InChI is InChI=1S/C11H24N2O/c1-9(14)3-2-8-13-11-6-4-10(12)5-7-11/h9-11,13-14H,2-8,12H2,1H3. The summed E-state index contributed by atoms with van der Waals surface area (Å²) in [5.74, 6) is 0. The van der Waals surface area contributed by atoms with Crippen LogP contribution in [-0.4, -0.2) is 29.8 Å². The van der Waals surface area contributed by atoms with Crippen LogP contribution in [0.5, 0.6) is 0 Å². The van der Waals surface area contributed by atoms with Crippen LogP contribution >= 0.6 is 0 Å². The molecule has 3 nitrogen and oxygen atoms in total. The number of aliphatic hydroxyl groups excluding tert-OH is 1. The summed E-state index contributed by atoms with van der Waals surface area (Å²) in [4.78, 5) is 0. The van der Waals surface area contributed by atoms with Crippen molar-refractivity contribution in [2.75, 3.05) is 6.54 Å². The van der Waals surface area contributed by atoms with Crippen molar-refractivity contribution in [2.24, 2.45) is 5.73 Å². The van der Waals surface area contributed by atoms with Gasteiger partial charge in [0, 0.05) is 12.1 Å². The minimum absolute atomic E-state index is 0.156. The molecule has 0 aliphatic heterocycles. The Bertz CT molecular complexity index is 142. The molecule has 1 rings (SSSR count). The third kappa shape index (κ3) is 4.94. The highest BCUT2D eigenvalue weighted by molar-refractivity contribution is 4.78. The van der Waals surface area contributed by atoms with Gasteiger partial charge in [0.2, 0.25) is 0 Å². The molecular formula is C11H24N2O. The van der Waals surface area contributed by atoms with Crippen LogP contribution in [0, 0.1) is 0 Å². The summed E-state index contributed by atoms with van der Waals surface area (Å²) in [6.45, 7) is 2.88. The number of nitrogens with two attached hydrogens (primary N) is 1. The van der Waals surface area contributed by atoms with E-state index >= 15 is 0 Å². The Morgan fingerprint density at radius 2 is 2.00 bits per heavy atom. The second-order valence-corrected chi connectivity index (χ2v) is 4.56. The predicted molar refractivity (Wildman–Crippen MR) is 59.1 cm³/mol. The quantitative estimate of drug-likeness (QED) is 0.580. The second-order valence-electron chi connectivity index (χ2n) is 4.56.